The van der Waals surface area contributed by atoms with Crippen molar-refractivity contribution in [3.8, 4) is 0 Å². The molecule has 0 aliphatic heterocycles. The van der Waals surface area contributed by atoms with Crippen LogP contribution in [0.2, 0.25) is 0 Å². The number of aliphatic hydroxyl groups is 1. The highest BCUT2D eigenvalue weighted by molar-refractivity contribution is 5.91. The molecule has 0 amide bonds. The van der Waals surface area contributed by atoms with Crippen LogP contribution in [0, 0.1) is 5.82 Å². The predicted octanol–water partition coefficient (Wildman–Crippen LogP) is 2.57. The molecular weight excluding hydrogens is 179 g/mol. The third kappa shape index (κ3) is 0.863. The van der Waals surface area contributed by atoms with Gasteiger partial charge in [0, 0.05) is 6.42 Å². The van der Waals surface area contributed by atoms with Gasteiger partial charge in [0.2, 0.25) is 0 Å². The molecule has 14 heavy (non-hydrogen) atoms. The average molecular weight is 188 g/mol. The maximum Gasteiger partial charge on any atom is 0.127 e. The van der Waals surface area contributed by atoms with Gasteiger partial charge in [0.15, 0.2) is 0 Å². The Kier molecular flexibility index (Phi) is 1.45. The first kappa shape index (κ1) is 7.94. The highest BCUT2D eigenvalue weighted by atomic mass is 19.1. The Balaban J connectivity index is 2.51. The summed E-state index contributed by atoms with van der Waals surface area (Å²) in [5.74, 6) is -0.207. The minimum atomic E-state index is -0.536. The van der Waals surface area contributed by atoms with Gasteiger partial charge in [-0.3, -0.25) is 0 Å². The minimum Gasteiger partial charge on any atom is -0.388 e. The molecule has 0 spiro atoms. The Morgan fingerprint density at radius 3 is 2.93 bits per heavy atom. The van der Waals surface area contributed by atoms with E-state index >= 15 is 0 Å². The molecule has 0 fully saturated rings. The van der Waals surface area contributed by atoms with E-state index in [1.807, 2.05) is 18.2 Å². The standard InChI is InChI=1S/C12H9FO/c13-10-5-4-7-2-1-3-8-11(14)6-9(10)12(7)8/h1-5,11,14H,6H2. The van der Waals surface area contributed by atoms with Crippen molar-refractivity contribution in [1.82, 2.24) is 0 Å². The first-order valence-electron chi connectivity index (χ1n) is 4.65. The lowest BCUT2D eigenvalue weighted by atomic mass is 10.0. The van der Waals surface area contributed by atoms with Gasteiger partial charge in [0.1, 0.15) is 5.82 Å². The maximum atomic E-state index is 13.4. The molecule has 0 aromatic heterocycles. The quantitative estimate of drug-likeness (QED) is 0.673. The molecule has 2 heteroatoms. The second-order valence-corrected chi connectivity index (χ2v) is 3.69. The summed E-state index contributed by atoms with van der Waals surface area (Å²) in [6, 6.07) is 8.94. The average Bonchev–Trinajstić information content (AvgIpc) is 2.53. The van der Waals surface area contributed by atoms with Gasteiger partial charge in [-0.1, -0.05) is 24.3 Å². The fourth-order valence-corrected chi connectivity index (χ4v) is 2.24. The lowest BCUT2D eigenvalue weighted by Gasteiger charge is -2.02. The van der Waals surface area contributed by atoms with Crippen molar-refractivity contribution in [1.29, 1.82) is 0 Å². The molecule has 1 unspecified atom stereocenters. The van der Waals surface area contributed by atoms with Crippen LogP contribution in [0.25, 0.3) is 10.8 Å². The fourth-order valence-electron chi connectivity index (χ4n) is 2.24. The number of hydrogen-bond donors (Lipinski definition) is 1. The maximum absolute atomic E-state index is 13.4. The van der Waals surface area contributed by atoms with E-state index < -0.39 is 6.10 Å². The van der Waals surface area contributed by atoms with Gasteiger partial charge in [-0.2, -0.15) is 0 Å². The number of aliphatic hydroxyl groups excluding tert-OH is 1. The van der Waals surface area contributed by atoms with E-state index in [0.29, 0.717) is 12.0 Å². The zero-order valence-electron chi connectivity index (χ0n) is 7.50. The SMILES string of the molecule is OC1Cc2c(F)ccc3cccc1c23. The van der Waals surface area contributed by atoms with Crippen molar-refractivity contribution in [3.63, 3.8) is 0 Å². The monoisotopic (exact) mass is 188 g/mol. The van der Waals surface area contributed by atoms with E-state index in [-0.39, 0.29) is 5.82 Å². The molecule has 2 aromatic rings. The summed E-state index contributed by atoms with van der Waals surface area (Å²) in [6.45, 7) is 0. The van der Waals surface area contributed by atoms with Gasteiger partial charge >= 0.3 is 0 Å². The predicted molar refractivity (Wildman–Crippen MR) is 52.6 cm³/mol. The summed E-state index contributed by atoms with van der Waals surface area (Å²) in [5.41, 5.74) is 1.52. The molecule has 0 heterocycles. The summed E-state index contributed by atoms with van der Waals surface area (Å²) in [4.78, 5) is 0. The first-order valence-corrected chi connectivity index (χ1v) is 4.65. The Hall–Kier alpha value is -1.41. The zero-order valence-corrected chi connectivity index (χ0v) is 7.50. The number of benzene rings is 2. The van der Waals surface area contributed by atoms with E-state index in [1.165, 1.54) is 6.07 Å². The van der Waals surface area contributed by atoms with Crippen molar-refractivity contribution >= 4 is 10.8 Å². The third-order valence-corrected chi connectivity index (χ3v) is 2.88. The smallest absolute Gasteiger partial charge is 0.127 e. The number of hydrogen-bond acceptors (Lipinski definition) is 1. The van der Waals surface area contributed by atoms with Gasteiger partial charge in [-0.15, -0.1) is 0 Å². The molecule has 0 saturated carbocycles. The van der Waals surface area contributed by atoms with Gasteiger partial charge in [0.25, 0.3) is 0 Å². The molecule has 1 N–H and O–H groups in total. The van der Waals surface area contributed by atoms with E-state index in [4.69, 9.17) is 0 Å². The highest BCUT2D eigenvalue weighted by Gasteiger charge is 2.24. The molecule has 70 valence electrons. The fraction of sp³-hybridized carbons (Fsp3) is 0.167. The number of rotatable bonds is 0. The van der Waals surface area contributed by atoms with Crippen molar-refractivity contribution in [3.05, 3.63) is 47.3 Å². The Morgan fingerprint density at radius 2 is 2.07 bits per heavy atom. The van der Waals surface area contributed by atoms with Crippen LogP contribution in [-0.2, 0) is 6.42 Å². The highest BCUT2D eigenvalue weighted by Crippen LogP contribution is 2.37. The molecule has 1 atom stereocenters. The molecule has 1 aliphatic carbocycles. The van der Waals surface area contributed by atoms with E-state index in [1.54, 1.807) is 6.07 Å². The topological polar surface area (TPSA) is 20.2 Å². The number of halogens is 1. The van der Waals surface area contributed by atoms with Gasteiger partial charge in [0.05, 0.1) is 6.10 Å². The summed E-state index contributed by atoms with van der Waals surface area (Å²) >= 11 is 0. The molecule has 1 aliphatic rings. The van der Waals surface area contributed by atoms with Crippen molar-refractivity contribution in [2.75, 3.05) is 0 Å². The zero-order chi connectivity index (χ0) is 9.71. The Bertz CT molecular complexity index is 519. The van der Waals surface area contributed by atoms with E-state index in [9.17, 15) is 9.50 Å². The molecule has 0 saturated heterocycles. The molecule has 1 nitrogen and oxygen atoms in total. The van der Waals surface area contributed by atoms with Crippen molar-refractivity contribution in [2.24, 2.45) is 0 Å². The first-order chi connectivity index (χ1) is 6.77. The van der Waals surface area contributed by atoms with Crippen LogP contribution >= 0.6 is 0 Å². The van der Waals surface area contributed by atoms with Crippen LogP contribution in [0.15, 0.2) is 30.3 Å². The van der Waals surface area contributed by atoms with Gasteiger partial charge in [-0.05, 0) is 28.0 Å². The summed E-state index contributed by atoms with van der Waals surface area (Å²) in [6.07, 6.45) is -0.131. The normalized spacial score (nSPS) is 19.1. The van der Waals surface area contributed by atoms with Crippen molar-refractivity contribution in [2.45, 2.75) is 12.5 Å². The third-order valence-electron chi connectivity index (χ3n) is 2.88. The van der Waals surface area contributed by atoms with Crippen LogP contribution in [0.5, 0.6) is 0 Å². The molecule has 0 bridgehead atoms. The molecule has 3 rings (SSSR count). The van der Waals surface area contributed by atoms with E-state index in [2.05, 4.69) is 0 Å². The minimum absolute atomic E-state index is 0.207. The second kappa shape index (κ2) is 2.55. The summed E-state index contributed by atoms with van der Waals surface area (Å²) < 4.78 is 13.4. The van der Waals surface area contributed by atoms with Crippen LogP contribution in [0.4, 0.5) is 4.39 Å². The summed E-state index contributed by atoms with van der Waals surface area (Å²) in [7, 11) is 0. The Morgan fingerprint density at radius 1 is 1.21 bits per heavy atom. The van der Waals surface area contributed by atoms with Crippen LogP contribution in [0.1, 0.15) is 17.2 Å². The van der Waals surface area contributed by atoms with E-state index in [0.717, 1.165) is 16.3 Å². The van der Waals surface area contributed by atoms with Gasteiger partial charge < -0.3 is 5.11 Å². The summed E-state index contributed by atoms with van der Waals surface area (Å²) in [5, 5.41) is 11.6. The van der Waals surface area contributed by atoms with Crippen LogP contribution in [-0.4, -0.2) is 5.11 Å². The Labute approximate surface area is 80.8 Å². The lowest BCUT2D eigenvalue weighted by Crippen LogP contribution is -1.93. The molecular formula is C12H9FO. The van der Waals surface area contributed by atoms with Gasteiger partial charge in [-0.25, -0.2) is 4.39 Å². The molecule has 2 aromatic carbocycles. The second-order valence-electron chi connectivity index (χ2n) is 3.69. The largest absolute Gasteiger partial charge is 0.388 e. The lowest BCUT2D eigenvalue weighted by molar-refractivity contribution is 0.184. The van der Waals surface area contributed by atoms with Crippen LogP contribution in [0.3, 0.4) is 0 Å². The van der Waals surface area contributed by atoms with Crippen LogP contribution < -0.4 is 0 Å². The molecule has 0 radical (unpaired) electrons. The van der Waals surface area contributed by atoms with Crippen molar-refractivity contribution < 1.29 is 9.50 Å².